The zero-order chi connectivity index (χ0) is 13.3. The van der Waals surface area contributed by atoms with E-state index in [9.17, 15) is 17.1 Å². The molecule has 0 spiro atoms. The van der Waals surface area contributed by atoms with Crippen LogP contribution in [-0.2, 0) is 15.0 Å². The summed E-state index contributed by atoms with van der Waals surface area (Å²) in [6, 6.07) is 7.32. The van der Waals surface area contributed by atoms with Crippen LogP contribution in [0.1, 0.15) is 6.42 Å². The van der Waals surface area contributed by atoms with Crippen LogP contribution in [0.5, 0.6) is 0 Å². The highest BCUT2D eigenvalue weighted by Crippen LogP contribution is 2.26. The number of amides is 1. The molecule has 18 heavy (non-hydrogen) atoms. The molecule has 0 aliphatic carbocycles. The molecule has 0 radical (unpaired) electrons. The van der Waals surface area contributed by atoms with Crippen molar-refractivity contribution in [3.05, 3.63) is 27.8 Å². The average molecular weight is 383 g/mol. The molecule has 1 heterocycles. The summed E-state index contributed by atoms with van der Waals surface area (Å²) < 4.78 is 34.8. The minimum Gasteiger partial charge on any atom is -0.312 e. The summed E-state index contributed by atoms with van der Waals surface area (Å²) in [5.41, 5.74) is 0.721. The summed E-state index contributed by atoms with van der Waals surface area (Å²) >= 11 is 2.15. The molecule has 4 nitrogen and oxygen atoms in total. The molecule has 7 heteroatoms. The van der Waals surface area contributed by atoms with Crippen molar-refractivity contribution in [1.29, 1.82) is 0 Å². The maximum Gasteiger partial charge on any atom is 0.302 e. The van der Waals surface area contributed by atoms with E-state index in [1.54, 1.807) is 12.1 Å². The SMILES string of the molecule is O=C1CC(CS(=O)(=O)F)CN1c1ccc(I)cc1. The molecule has 0 saturated carbocycles. The average Bonchev–Trinajstić information content (AvgIpc) is 2.58. The third kappa shape index (κ3) is 3.41. The van der Waals surface area contributed by atoms with Crippen molar-refractivity contribution in [3.63, 3.8) is 0 Å². The lowest BCUT2D eigenvalue weighted by Crippen LogP contribution is -2.25. The Kier molecular flexibility index (Phi) is 3.90. The molecular weight excluding hydrogens is 372 g/mol. The number of halogens is 2. The third-order valence-electron chi connectivity index (χ3n) is 2.78. The van der Waals surface area contributed by atoms with E-state index in [1.165, 1.54) is 4.90 Å². The Morgan fingerprint density at radius 2 is 1.94 bits per heavy atom. The Labute approximate surface area is 119 Å². The molecule has 1 fully saturated rings. The molecule has 0 bridgehead atoms. The van der Waals surface area contributed by atoms with Gasteiger partial charge in [0.15, 0.2) is 0 Å². The summed E-state index contributed by atoms with van der Waals surface area (Å²) in [5.74, 6) is -1.21. The van der Waals surface area contributed by atoms with Gasteiger partial charge in [-0.05, 0) is 46.9 Å². The minimum atomic E-state index is -4.52. The first kappa shape index (κ1) is 13.7. The summed E-state index contributed by atoms with van der Waals surface area (Å²) in [6.45, 7) is 0.253. The smallest absolute Gasteiger partial charge is 0.302 e. The van der Waals surface area contributed by atoms with Gasteiger partial charge in [-0.25, -0.2) is 0 Å². The largest absolute Gasteiger partial charge is 0.312 e. The highest BCUT2D eigenvalue weighted by Gasteiger charge is 2.33. The Bertz CT molecular complexity index is 558. The molecule has 1 saturated heterocycles. The summed E-state index contributed by atoms with van der Waals surface area (Å²) in [4.78, 5) is 13.3. The van der Waals surface area contributed by atoms with E-state index in [0.29, 0.717) is 0 Å². The van der Waals surface area contributed by atoms with Gasteiger partial charge in [-0.3, -0.25) is 4.79 Å². The molecular formula is C11H11FINO3S. The molecule has 1 aliphatic rings. The van der Waals surface area contributed by atoms with Crippen molar-refractivity contribution < 1.29 is 17.1 Å². The monoisotopic (exact) mass is 383 g/mol. The second-order valence-electron chi connectivity index (χ2n) is 4.26. The van der Waals surface area contributed by atoms with E-state index in [1.807, 2.05) is 12.1 Å². The Hall–Kier alpha value is -0.700. The Morgan fingerprint density at radius 1 is 1.33 bits per heavy atom. The first-order chi connectivity index (χ1) is 8.35. The van der Waals surface area contributed by atoms with E-state index in [4.69, 9.17) is 0 Å². The van der Waals surface area contributed by atoms with Gasteiger partial charge in [-0.1, -0.05) is 0 Å². The molecule has 2 rings (SSSR count). The number of rotatable bonds is 3. The van der Waals surface area contributed by atoms with Crippen molar-refractivity contribution in [2.24, 2.45) is 5.92 Å². The topological polar surface area (TPSA) is 54.5 Å². The maximum absolute atomic E-state index is 12.6. The number of carbonyl (C=O) groups excluding carboxylic acids is 1. The maximum atomic E-state index is 12.6. The lowest BCUT2D eigenvalue weighted by molar-refractivity contribution is -0.117. The molecule has 1 atom stereocenters. The summed E-state index contributed by atoms with van der Waals surface area (Å²) in [6.07, 6.45) is 0.0785. The highest BCUT2D eigenvalue weighted by atomic mass is 127. The van der Waals surface area contributed by atoms with Crippen LogP contribution in [0.15, 0.2) is 24.3 Å². The molecule has 98 valence electrons. The predicted molar refractivity (Wildman–Crippen MR) is 74.5 cm³/mol. The molecule has 1 aromatic rings. The molecule has 1 unspecified atom stereocenters. The van der Waals surface area contributed by atoms with Gasteiger partial charge in [0.05, 0.1) is 5.75 Å². The van der Waals surface area contributed by atoms with Gasteiger partial charge in [0.1, 0.15) is 0 Å². The van der Waals surface area contributed by atoms with Crippen LogP contribution in [0.2, 0.25) is 0 Å². The van der Waals surface area contributed by atoms with Gasteiger partial charge in [-0.2, -0.15) is 8.42 Å². The van der Waals surface area contributed by atoms with E-state index < -0.39 is 21.9 Å². The summed E-state index contributed by atoms with van der Waals surface area (Å²) in [7, 11) is -4.52. The van der Waals surface area contributed by atoms with Gasteiger partial charge in [-0.15, -0.1) is 3.89 Å². The normalized spacial score (nSPS) is 20.4. The number of carbonyl (C=O) groups is 1. The number of nitrogens with zero attached hydrogens (tertiary/aromatic N) is 1. The highest BCUT2D eigenvalue weighted by molar-refractivity contribution is 14.1. The first-order valence-electron chi connectivity index (χ1n) is 5.33. The van der Waals surface area contributed by atoms with E-state index >= 15 is 0 Å². The number of hydrogen-bond acceptors (Lipinski definition) is 3. The van der Waals surface area contributed by atoms with Crippen LogP contribution in [0.4, 0.5) is 9.57 Å². The fourth-order valence-electron chi connectivity index (χ4n) is 2.05. The van der Waals surface area contributed by atoms with Gasteiger partial charge in [0.25, 0.3) is 0 Å². The Balaban J connectivity index is 2.12. The standard InChI is InChI=1S/C11H11FINO3S/c12-18(16,17)7-8-5-11(15)14(6-8)10-3-1-9(13)2-4-10/h1-4,8H,5-7H2. The van der Waals surface area contributed by atoms with E-state index in [2.05, 4.69) is 22.6 Å². The number of anilines is 1. The fourth-order valence-corrected chi connectivity index (χ4v) is 3.19. The van der Waals surface area contributed by atoms with Crippen LogP contribution in [0.3, 0.4) is 0 Å². The molecule has 0 aromatic heterocycles. The molecule has 1 amide bonds. The van der Waals surface area contributed by atoms with Gasteiger partial charge in [0.2, 0.25) is 5.91 Å². The second kappa shape index (κ2) is 5.12. The molecule has 0 N–H and O–H groups in total. The first-order valence-corrected chi connectivity index (χ1v) is 7.96. The van der Waals surface area contributed by atoms with Crippen LogP contribution in [0.25, 0.3) is 0 Å². The van der Waals surface area contributed by atoms with Crippen molar-refractivity contribution >= 4 is 44.4 Å². The van der Waals surface area contributed by atoms with Crippen molar-refractivity contribution in [2.45, 2.75) is 6.42 Å². The zero-order valence-electron chi connectivity index (χ0n) is 9.34. The third-order valence-corrected chi connectivity index (χ3v) is 4.37. The van der Waals surface area contributed by atoms with Crippen molar-refractivity contribution in [1.82, 2.24) is 0 Å². The molecule has 1 aliphatic heterocycles. The number of benzene rings is 1. The lowest BCUT2D eigenvalue weighted by atomic mass is 10.1. The van der Waals surface area contributed by atoms with Crippen LogP contribution in [0, 0.1) is 9.49 Å². The van der Waals surface area contributed by atoms with Gasteiger partial charge in [0, 0.05) is 28.1 Å². The van der Waals surface area contributed by atoms with Crippen molar-refractivity contribution in [3.8, 4) is 0 Å². The van der Waals surface area contributed by atoms with Crippen LogP contribution in [-0.4, -0.2) is 26.6 Å². The van der Waals surface area contributed by atoms with E-state index in [-0.39, 0.29) is 18.9 Å². The van der Waals surface area contributed by atoms with Crippen LogP contribution < -0.4 is 4.90 Å². The lowest BCUT2D eigenvalue weighted by Gasteiger charge is -2.16. The quantitative estimate of drug-likeness (QED) is 0.592. The van der Waals surface area contributed by atoms with Crippen LogP contribution >= 0.6 is 22.6 Å². The Morgan fingerprint density at radius 3 is 2.50 bits per heavy atom. The fraction of sp³-hybridized carbons (Fsp3) is 0.364. The van der Waals surface area contributed by atoms with E-state index in [0.717, 1.165) is 9.26 Å². The predicted octanol–water partition coefficient (Wildman–Crippen LogP) is 1.94. The summed E-state index contributed by atoms with van der Waals surface area (Å²) in [5, 5.41) is 0. The second-order valence-corrected chi connectivity index (χ2v) is 6.91. The van der Waals surface area contributed by atoms with Gasteiger partial charge < -0.3 is 4.90 Å². The molecule has 1 aromatic carbocycles. The van der Waals surface area contributed by atoms with Crippen molar-refractivity contribution in [2.75, 3.05) is 17.2 Å². The van der Waals surface area contributed by atoms with Gasteiger partial charge >= 0.3 is 10.2 Å². The zero-order valence-corrected chi connectivity index (χ0v) is 12.3. The minimum absolute atomic E-state index is 0.0785. The number of hydrogen-bond donors (Lipinski definition) is 0.